The first-order valence-corrected chi connectivity index (χ1v) is 11.9. The lowest BCUT2D eigenvalue weighted by Gasteiger charge is -2.16. The van der Waals surface area contributed by atoms with Gasteiger partial charge in [-0.2, -0.15) is 0 Å². The van der Waals surface area contributed by atoms with E-state index in [9.17, 15) is 22.8 Å². The Bertz CT molecular complexity index is 1340. The van der Waals surface area contributed by atoms with E-state index in [1.165, 1.54) is 16.7 Å². The number of nitrogens with zero attached hydrogens (tertiary/aromatic N) is 2. The van der Waals surface area contributed by atoms with Gasteiger partial charge in [-0.25, -0.2) is 23.3 Å². The summed E-state index contributed by atoms with van der Waals surface area (Å²) >= 11 is 1.03. The summed E-state index contributed by atoms with van der Waals surface area (Å²) in [5, 5.41) is 7.13. The molecule has 5 N–H and O–H groups in total. The van der Waals surface area contributed by atoms with Crippen LogP contribution in [0.15, 0.2) is 63.4 Å². The molecule has 3 aromatic rings. The second-order valence-electron chi connectivity index (χ2n) is 6.92. The molecule has 10 nitrogen and oxygen atoms in total. The van der Waals surface area contributed by atoms with Gasteiger partial charge in [-0.05, 0) is 43.2 Å². The van der Waals surface area contributed by atoms with Gasteiger partial charge in [0.05, 0.1) is 21.0 Å². The molecular formula is C20H21N5O5S2. The first-order chi connectivity index (χ1) is 15.1. The number of para-hydroxylation sites is 1. The Morgan fingerprint density at radius 3 is 2.44 bits per heavy atom. The number of benzene rings is 2. The smallest absolute Gasteiger partial charge is 0.318 e. The van der Waals surface area contributed by atoms with Gasteiger partial charge in [-0.3, -0.25) is 19.5 Å². The summed E-state index contributed by atoms with van der Waals surface area (Å²) in [6.07, 6.45) is 0.403. The molecule has 0 unspecified atom stereocenters. The Morgan fingerprint density at radius 1 is 1.16 bits per heavy atom. The first kappa shape index (κ1) is 23.4. The van der Waals surface area contributed by atoms with E-state index < -0.39 is 27.2 Å². The molecule has 2 aromatic carbocycles. The molecule has 12 heteroatoms. The molecule has 0 aliphatic rings. The minimum Gasteiger partial charge on any atom is -0.351 e. The molecule has 0 aliphatic carbocycles. The van der Waals surface area contributed by atoms with Crippen LogP contribution < -0.4 is 21.7 Å². The van der Waals surface area contributed by atoms with Crippen molar-refractivity contribution in [1.82, 2.24) is 14.9 Å². The van der Waals surface area contributed by atoms with Crippen molar-refractivity contribution in [2.75, 3.05) is 0 Å². The number of imide groups is 1. The van der Waals surface area contributed by atoms with Crippen LogP contribution in [0.2, 0.25) is 0 Å². The van der Waals surface area contributed by atoms with E-state index in [1.807, 2.05) is 5.32 Å². The predicted octanol–water partition coefficient (Wildman–Crippen LogP) is 0.962. The summed E-state index contributed by atoms with van der Waals surface area (Å²) in [6, 6.07) is 11.9. The highest BCUT2D eigenvalue weighted by atomic mass is 32.2. The maximum atomic E-state index is 13.1. The summed E-state index contributed by atoms with van der Waals surface area (Å²) in [7, 11) is -3.79. The van der Waals surface area contributed by atoms with Crippen LogP contribution in [0.1, 0.15) is 12.5 Å². The molecule has 1 aromatic heterocycles. The van der Waals surface area contributed by atoms with Gasteiger partial charge in [0.25, 0.3) is 5.56 Å². The van der Waals surface area contributed by atoms with Gasteiger partial charge in [-0.15, -0.1) is 0 Å². The van der Waals surface area contributed by atoms with Crippen molar-refractivity contribution < 1.29 is 18.0 Å². The number of primary sulfonamides is 1. The number of thioether (sulfide) groups is 1. The van der Waals surface area contributed by atoms with Crippen LogP contribution in [-0.4, -0.2) is 35.2 Å². The normalized spacial score (nSPS) is 12.4. The summed E-state index contributed by atoms with van der Waals surface area (Å²) in [5.74, 6) is -0.602. The average molecular weight is 476 g/mol. The van der Waals surface area contributed by atoms with Crippen molar-refractivity contribution in [2.24, 2.45) is 10.9 Å². The Kier molecular flexibility index (Phi) is 6.96. The van der Waals surface area contributed by atoms with Gasteiger partial charge in [0, 0.05) is 6.54 Å². The zero-order valence-electron chi connectivity index (χ0n) is 17.0. The molecule has 1 atom stereocenters. The molecule has 0 saturated carbocycles. The second-order valence-corrected chi connectivity index (χ2v) is 9.79. The van der Waals surface area contributed by atoms with Crippen LogP contribution in [0, 0.1) is 0 Å². The number of carbonyl (C=O) groups is 2. The van der Waals surface area contributed by atoms with Crippen molar-refractivity contribution in [3.63, 3.8) is 0 Å². The summed E-state index contributed by atoms with van der Waals surface area (Å²) in [5.41, 5.74) is 6.00. The van der Waals surface area contributed by atoms with Crippen LogP contribution in [0.25, 0.3) is 10.9 Å². The van der Waals surface area contributed by atoms with Crippen LogP contribution in [0.4, 0.5) is 4.79 Å². The number of urea groups is 1. The molecule has 0 aliphatic heterocycles. The molecule has 0 saturated heterocycles. The highest BCUT2D eigenvalue weighted by molar-refractivity contribution is 8.00. The van der Waals surface area contributed by atoms with Gasteiger partial charge in [0.1, 0.15) is 0 Å². The quantitative estimate of drug-likeness (QED) is 0.338. The van der Waals surface area contributed by atoms with E-state index in [1.54, 1.807) is 43.3 Å². The number of nitrogens with two attached hydrogens (primary N) is 2. The van der Waals surface area contributed by atoms with Gasteiger partial charge in [0.2, 0.25) is 15.9 Å². The van der Waals surface area contributed by atoms with E-state index in [4.69, 9.17) is 10.9 Å². The fraction of sp³-hybridized carbons (Fsp3) is 0.200. The summed E-state index contributed by atoms with van der Waals surface area (Å²) in [4.78, 5) is 40.7. The maximum Gasteiger partial charge on any atom is 0.318 e. The fourth-order valence-electron chi connectivity index (χ4n) is 2.96. The number of sulfonamides is 1. The van der Waals surface area contributed by atoms with E-state index in [0.29, 0.717) is 22.5 Å². The van der Waals surface area contributed by atoms with Crippen LogP contribution >= 0.6 is 11.8 Å². The first-order valence-electron chi connectivity index (χ1n) is 9.44. The highest BCUT2D eigenvalue weighted by Gasteiger charge is 2.20. The van der Waals surface area contributed by atoms with Crippen LogP contribution in [-0.2, 0) is 27.8 Å². The number of hydrogen-bond donors (Lipinski definition) is 3. The molecule has 3 amide bonds. The van der Waals surface area contributed by atoms with E-state index in [-0.39, 0.29) is 17.0 Å². The van der Waals surface area contributed by atoms with Crippen LogP contribution in [0.3, 0.4) is 0 Å². The Balaban J connectivity index is 1.92. The molecular weight excluding hydrogens is 454 g/mol. The minimum absolute atomic E-state index is 0.00341. The highest BCUT2D eigenvalue weighted by Crippen LogP contribution is 2.23. The Labute approximate surface area is 188 Å². The van der Waals surface area contributed by atoms with Crippen molar-refractivity contribution in [1.29, 1.82) is 0 Å². The lowest BCUT2D eigenvalue weighted by atomic mass is 10.1. The van der Waals surface area contributed by atoms with E-state index in [0.717, 1.165) is 17.3 Å². The largest absolute Gasteiger partial charge is 0.351 e. The third-order valence-electron chi connectivity index (χ3n) is 4.60. The van der Waals surface area contributed by atoms with Crippen molar-refractivity contribution in [3.8, 4) is 0 Å². The zero-order valence-corrected chi connectivity index (χ0v) is 18.7. The Morgan fingerprint density at radius 2 is 1.81 bits per heavy atom. The van der Waals surface area contributed by atoms with E-state index >= 15 is 0 Å². The van der Waals surface area contributed by atoms with Crippen LogP contribution in [0.5, 0.6) is 0 Å². The molecule has 0 spiro atoms. The number of aryl methyl sites for hydroxylation is 1. The third kappa shape index (κ3) is 5.52. The average Bonchev–Trinajstić information content (AvgIpc) is 2.72. The van der Waals surface area contributed by atoms with Gasteiger partial charge < -0.3 is 5.73 Å². The summed E-state index contributed by atoms with van der Waals surface area (Å²) in [6.45, 7) is 1.80. The van der Waals surface area contributed by atoms with Gasteiger partial charge >= 0.3 is 6.03 Å². The Hall–Kier alpha value is -3.22. The molecule has 32 heavy (non-hydrogen) atoms. The lowest BCUT2D eigenvalue weighted by molar-refractivity contribution is -0.119. The number of primary amides is 1. The van der Waals surface area contributed by atoms with Gasteiger partial charge in [0.15, 0.2) is 5.16 Å². The fourth-order valence-corrected chi connectivity index (χ4v) is 4.41. The minimum atomic E-state index is -3.79. The third-order valence-corrected chi connectivity index (χ3v) is 6.62. The van der Waals surface area contributed by atoms with Gasteiger partial charge in [-0.1, -0.05) is 36.0 Å². The number of carbonyl (C=O) groups excluding carboxylic acids is 2. The lowest BCUT2D eigenvalue weighted by Crippen LogP contribution is -2.39. The topological polar surface area (TPSA) is 167 Å². The number of nitrogens with one attached hydrogen (secondary N) is 1. The number of fused-ring (bicyclic) bond motifs is 1. The number of hydrogen-bond acceptors (Lipinski definition) is 7. The van der Waals surface area contributed by atoms with Crippen molar-refractivity contribution >= 4 is 44.6 Å². The SMILES string of the molecule is C[C@H](Sc1nc2ccccc2c(=O)n1CCc1ccc(S(N)(=O)=O)cc1)C(=O)NC(N)=O. The number of rotatable bonds is 7. The number of amides is 3. The van der Waals surface area contributed by atoms with Crippen molar-refractivity contribution in [2.45, 2.75) is 35.2 Å². The second kappa shape index (κ2) is 9.51. The van der Waals surface area contributed by atoms with Crippen molar-refractivity contribution in [3.05, 3.63) is 64.4 Å². The predicted molar refractivity (Wildman–Crippen MR) is 121 cm³/mol. The molecule has 0 bridgehead atoms. The molecule has 1 heterocycles. The molecule has 168 valence electrons. The monoisotopic (exact) mass is 475 g/mol. The number of aromatic nitrogens is 2. The summed E-state index contributed by atoms with van der Waals surface area (Å²) < 4.78 is 24.3. The zero-order chi connectivity index (χ0) is 23.5. The standard InChI is InChI=1S/C20H21N5O5S2/c1-12(17(26)24-19(21)28)31-20-23-16-5-3-2-4-15(16)18(27)25(20)11-10-13-6-8-14(9-7-13)32(22,29)30/h2-9,12H,10-11H2,1H3,(H2,22,29,30)(H3,21,24,26,28)/t12-/m0/s1. The van der Waals surface area contributed by atoms with E-state index in [2.05, 4.69) is 4.98 Å². The molecule has 3 rings (SSSR count). The molecule has 0 fully saturated rings. The molecule has 0 radical (unpaired) electrons. The maximum absolute atomic E-state index is 13.1.